The van der Waals surface area contributed by atoms with Crippen molar-refractivity contribution >= 4 is 5.96 Å². The summed E-state index contributed by atoms with van der Waals surface area (Å²) in [4.78, 5) is 8.06. The molecule has 124 valence electrons. The molecule has 0 atom stereocenters. The molecule has 0 aliphatic carbocycles. The maximum Gasteiger partial charge on any atom is 0.191 e. The standard InChI is InChI=1S/C17H18FN5O/c1-19-17(22-11-14-3-2-8-24-14)21-10-13-4-5-16(15(18)9-13)23-7-6-20-12-23/h2-9,12H,10-11H2,1H3,(H2,19,21,22). The molecule has 2 heterocycles. The molecule has 0 spiro atoms. The fourth-order valence-corrected chi connectivity index (χ4v) is 2.26. The van der Waals surface area contributed by atoms with Gasteiger partial charge in [0.1, 0.15) is 11.6 Å². The molecule has 0 bridgehead atoms. The monoisotopic (exact) mass is 327 g/mol. The lowest BCUT2D eigenvalue weighted by molar-refractivity contribution is 0.501. The van der Waals surface area contributed by atoms with Gasteiger partial charge in [0.15, 0.2) is 5.96 Å². The lowest BCUT2D eigenvalue weighted by Gasteiger charge is -2.12. The van der Waals surface area contributed by atoms with Gasteiger partial charge in [0.05, 0.1) is 24.8 Å². The first-order valence-corrected chi connectivity index (χ1v) is 7.50. The van der Waals surface area contributed by atoms with E-state index in [1.165, 1.54) is 6.07 Å². The average molecular weight is 327 g/mol. The molecule has 2 aromatic heterocycles. The summed E-state index contributed by atoms with van der Waals surface area (Å²) in [5, 5.41) is 6.27. The Kier molecular flexibility index (Phi) is 4.90. The molecule has 0 radical (unpaired) electrons. The summed E-state index contributed by atoms with van der Waals surface area (Å²) < 4.78 is 21.1. The number of nitrogens with one attached hydrogen (secondary N) is 2. The van der Waals surface area contributed by atoms with Gasteiger partial charge in [-0.2, -0.15) is 0 Å². The molecule has 0 amide bonds. The Morgan fingerprint density at radius 2 is 2.17 bits per heavy atom. The van der Waals surface area contributed by atoms with Gasteiger partial charge in [-0.1, -0.05) is 6.07 Å². The van der Waals surface area contributed by atoms with Crippen molar-refractivity contribution in [2.24, 2.45) is 4.99 Å². The van der Waals surface area contributed by atoms with Crippen molar-refractivity contribution < 1.29 is 8.81 Å². The molecule has 3 rings (SSSR count). The quantitative estimate of drug-likeness (QED) is 0.558. The second kappa shape index (κ2) is 7.45. The van der Waals surface area contributed by atoms with E-state index in [9.17, 15) is 4.39 Å². The van der Waals surface area contributed by atoms with E-state index in [1.807, 2.05) is 18.2 Å². The van der Waals surface area contributed by atoms with Crippen LogP contribution in [0, 0.1) is 5.82 Å². The van der Waals surface area contributed by atoms with E-state index in [0.717, 1.165) is 11.3 Å². The Hall–Kier alpha value is -3.09. The lowest BCUT2D eigenvalue weighted by Crippen LogP contribution is -2.36. The van der Waals surface area contributed by atoms with Crippen molar-refractivity contribution in [1.82, 2.24) is 20.2 Å². The molecule has 0 aliphatic heterocycles. The smallest absolute Gasteiger partial charge is 0.191 e. The Morgan fingerprint density at radius 3 is 2.83 bits per heavy atom. The van der Waals surface area contributed by atoms with Gasteiger partial charge in [0.2, 0.25) is 0 Å². The fraction of sp³-hybridized carbons (Fsp3) is 0.176. The van der Waals surface area contributed by atoms with Crippen LogP contribution < -0.4 is 10.6 Å². The number of halogens is 1. The molecule has 7 heteroatoms. The van der Waals surface area contributed by atoms with Crippen LogP contribution in [-0.2, 0) is 13.1 Å². The Balaban J connectivity index is 1.58. The number of benzene rings is 1. The zero-order chi connectivity index (χ0) is 16.8. The molecule has 1 aromatic carbocycles. The largest absolute Gasteiger partial charge is 0.467 e. The van der Waals surface area contributed by atoms with Crippen molar-refractivity contribution in [1.29, 1.82) is 0 Å². The highest BCUT2D eigenvalue weighted by molar-refractivity contribution is 5.79. The first-order chi connectivity index (χ1) is 11.8. The molecule has 2 N–H and O–H groups in total. The summed E-state index contributed by atoms with van der Waals surface area (Å²) in [5.41, 5.74) is 1.29. The van der Waals surface area contributed by atoms with Crippen LogP contribution in [0.4, 0.5) is 4.39 Å². The highest BCUT2D eigenvalue weighted by Gasteiger charge is 2.06. The van der Waals surface area contributed by atoms with Crippen LogP contribution in [-0.4, -0.2) is 22.6 Å². The maximum absolute atomic E-state index is 14.2. The molecule has 0 unspecified atom stereocenters. The van der Waals surface area contributed by atoms with E-state index in [-0.39, 0.29) is 5.82 Å². The number of aliphatic imine (C=N–C) groups is 1. The summed E-state index contributed by atoms with van der Waals surface area (Å²) in [7, 11) is 1.68. The zero-order valence-corrected chi connectivity index (χ0v) is 13.2. The maximum atomic E-state index is 14.2. The Labute approximate surface area is 139 Å². The van der Waals surface area contributed by atoms with Crippen molar-refractivity contribution in [2.45, 2.75) is 13.1 Å². The van der Waals surface area contributed by atoms with Gasteiger partial charge in [-0.15, -0.1) is 0 Å². The number of aromatic nitrogens is 2. The lowest BCUT2D eigenvalue weighted by atomic mass is 10.2. The minimum atomic E-state index is -0.300. The van der Waals surface area contributed by atoms with Gasteiger partial charge in [-0.05, 0) is 29.8 Å². The Morgan fingerprint density at radius 1 is 1.29 bits per heavy atom. The third-order valence-corrected chi connectivity index (χ3v) is 3.49. The fourth-order valence-electron chi connectivity index (χ4n) is 2.26. The molecule has 0 fully saturated rings. The molecule has 0 aliphatic rings. The predicted octanol–water partition coefficient (Wildman–Crippen LogP) is 2.47. The predicted molar refractivity (Wildman–Crippen MR) is 89.3 cm³/mol. The topological polar surface area (TPSA) is 67.4 Å². The summed E-state index contributed by atoms with van der Waals surface area (Å²) >= 11 is 0. The van der Waals surface area contributed by atoms with Crippen LogP contribution in [0.25, 0.3) is 5.69 Å². The summed E-state index contributed by atoms with van der Waals surface area (Å²) in [6.45, 7) is 0.986. The van der Waals surface area contributed by atoms with Crippen molar-refractivity contribution in [3.63, 3.8) is 0 Å². The third kappa shape index (κ3) is 3.81. The first kappa shape index (κ1) is 15.8. The number of guanidine groups is 1. The van der Waals surface area contributed by atoms with E-state index in [2.05, 4.69) is 20.6 Å². The first-order valence-electron chi connectivity index (χ1n) is 7.50. The zero-order valence-electron chi connectivity index (χ0n) is 13.2. The van der Waals surface area contributed by atoms with Crippen LogP contribution in [0.5, 0.6) is 0 Å². The molecular formula is C17H18FN5O. The number of rotatable bonds is 5. The molecule has 24 heavy (non-hydrogen) atoms. The normalized spacial score (nSPS) is 11.5. The number of furan rings is 1. The van der Waals surface area contributed by atoms with Crippen LogP contribution in [0.2, 0.25) is 0 Å². The molecular weight excluding hydrogens is 309 g/mol. The van der Waals surface area contributed by atoms with Crippen molar-refractivity contribution in [3.05, 3.63) is 72.5 Å². The summed E-state index contributed by atoms with van der Waals surface area (Å²) in [5.74, 6) is 1.13. The van der Waals surface area contributed by atoms with Gasteiger partial charge in [-0.3, -0.25) is 4.99 Å². The van der Waals surface area contributed by atoms with Gasteiger partial charge in [-0.25, -0.2) is 9.37 Å². The number of hydrogen-bond donors (Lipinski definition) is 2. The van der Waals surface area contributed by atoms with Crippen molar-refractivity contribution in [2.75, 3.05) is 7.05 Å². The van der Waals surface area contributed by atoms with Crippen LogP contribution >= 0.6 is 0 Å². The van der Waals surface area contributed by atoms with Gasteiger partial charge >= 0.3 is 0 Å². The SMILES string of the molecule is CN=C(NCc1ccc(-n2ccnc2)c(F)c1)NCc1ccco1. The second-order valence-corrected chi connectivity index (χ2v) is 5.11. The van der Waals surface area contributed by atoms with E-state index >= 15 is 0 Å². The van der Waals surface area contributed by atoms with E-state index < -0.39 is 0 Å². The average Bonchev–Trinajstić information content (AvgIpc) is 3.29. The molecule has 3 aromatic rings. The van der Waals surface area contributed by atoms with E-state index in [4.69, 9.17) is 4.42 Å². The van der Waals surface area contributed by atoms with Crippen molar-refractivity contribution in [3.8, 4) is 5.69 Å². The Bertz CT molecular complexity index is 797. The second-order valence-electron chi connectivity index (χ2n) is 5.11. The van der Waals surface area contributed by atoms with Gasteiger partial charge < -0.3 is 19.6 Å². The van der Waals surface area contributed by atoms with Gasteiger partial charge in [0.25, 0.3) is 0 Å². The van der Waals surface area contributed by atoms with Gasteiger partial charge in [0, 0.05) is 26.0 Å². The number of imidazole rings is 1. The number of hydrogen-bond acceptors (Lipinski definition) is 3. The minimum Gasteiger partial charge on any atom is -0.467 e. The highest BCUT2D eigenvalue weighted by Crippen LogP contribution is 2.14. The van der Waals surface area contributed by atoms with E-state index in [1.54, 1.807) is 42.7 Å². The minimum absolute atomic E-state index is 0.300. The van der Waals surface area contributed by atoms with Crippen LogP contribution in [0.3, 0.4) is 0 Å². The van der Waals surface area contributed by atoms with Crippen LogP contribution in [0.15, 0.2) is 64.7 Å². The third-order valence-electron chi connectivity index (χ3n) is 3.49. The molecule has 0 saturated carbocycles. The molecule has 0 saturated heterocycles. The van der Waals surface area contributed by atoms with E-state index in [0.29, 0.717) is 24.7 Å². The van der Waals surface area contributed by atoms with Crippen LogP contribution in [0.1, 0.15) is 11.3 Å². The summed E-state index contributed by atoms with van der Waals surface area (Å²) in [6, 6.07) is 8.81. The number of nitrogens with zero attached hydrogens (tertiary/aromatic N) is 3. The highest BCUT2D eigenvalue weighted by atomic mass is 19.1. The molecule has 6 nitrogen and oxygen atoms in total. The summed E-state index contributed by atoms with van der Waals surface area (Å²) in [6.07, 6.45) is 6.51.